The number of rotatable bonds is 3. The highest BCUT2D eigenvalue weighted by Gasteiger charge is 2.48. The number of aliphatic hydroxyl groups is 1. The lowest BCUT2D eigenvalue weighted by atomic mass is 9.93. The molecule has 0 aliphatic carbocycles. The van der Waals surface area contributed by atoms with Gasteiger partial charge in [-0.2, -0.15) is 0 Å². The number of benzene rings is 2. The number of carbonyl (C=O) groups excluding carboxylic acids is 2. The van der Waals surface area contributed by atoms with E-state index in [0.717, 1.165) is 4.47 Å². The summed E-state index contributed by atoms with van der Waals surface area (Å²) in [5, 5.41) is 15.7. The predicted octanol–water partition coefficient (Wildman–Crippen LogP) is 6.01. The van der Waals surface area contributed by atoms with Crippen LogP contribution in [0.25, 0.3) is 5.76 Å². The molecular weight excluding hydrogens is 496 g/mol. The molecule has 6 nitrogen and oxygen atoms in total. The maximum absolute atomic E-state index is 13.1. The molecule has 8 heteroatoms. The van der Waals surface area contributed by atoms with Crippen molar-refractivity contribution in [2.75, 3.05) is 4.90 Å². The summed E-state index contributed by atoms with van der Waals surface area (Å²) in [5.41, 5.74) is 0.652. The first-order valence-electron chi connectivity index (χ1n) is 9.87. The average Bonchev–Trinajstić information content (AvgIpc) is 3.32. The van der Waals surface area contributed by atoms with E-state index in [2.05, 4.69) is 21.1 Å². The Kier molecular flexibility index (Phi) is 5.73. The molecule has 1 aliphatic rings. The van der Waals surface area contributed by atoms with Gasteiger partial charge in [-0.05, 0) is 29.8 Å². The SMILES string of the molecule is CC(C)(C)c1cc(N2C(=O)C(=O)C(=C(O)c3ccc(Br)cc3)[C@H]2c2ccc(Cl)cc2)no1. The van der Waals surface area contributed by atoms with E-state index in [0.29, 0.717) is 21.9 Å². The standard InChI is InChI=1S/C24H20BrClN2O4/c1-24(2,3)17-12-18(27-32-17)28-20(13-6-10-16(26)11-7-13)19(22(30)23(28)31)21(29)14-4-8-15(25)9-5-14/h4-12,20,29H,1-3H3/t20-/m1/s1. The van der Waals surface area contributed by atoms with Gasteiger partial charge < -0.3 is 9.63 Å². The van der Waals surface area contributed by atoms with Crippen LogP contribution in [0.3, 0.4) is 0 Å². The molecule has 1 aromatic heterocycles. The molecule has 2 aromatic carbocycles. The molecule has 164 valence electrons. The molecule has 2 heterocycles. The zero-order valence-electron chi connectivity index (χ0n) is 17.6. The van der Waals surface area contributed by atoms with Gasteiger partial charge in [0.15, 0.2) is 5.82 Å². The molecule has 0 spiro atoms. The smallest absolute Gasteiger partial charge is 0.301 e. The summed E-state index contributed by atoms with van der Waals surface area (Å²) >= 11 is 9.41. The monoisotopic (exact) mass is 514 g/mol. The summed E-state index contributed by atoms with van der Waals surface area (Å²) in [6.07, 6.45) is 0. The number of aromatic nitrogens is 1. The lowest BCUT2D eigenvalue weighted by molar-refractivity contribution is -0.132. The summed E-state index contributed by atoms with van der Waals surface area (Å²) in [5.74, 6) is -1.09. The van der Waals surface area contributed by atoms with E-state index in [1.54, 1.807) is 54.6 Å². The number of amides is 1. The minimum absolute atomic E-state index is 0.0278. The van der Waals surface area contributed by atoms with Gasteiger partial charge in [-0.1, -0.05) is 77.7 Å². The van der Waals surface area contributed by atoms with Crippen LogP contribution in [0.15, 0.2) is 69.2 Å². The van der Waals surface area contributed by atoms with Crippen molar-refractivity contribution < 1.29 is 19.2 Å². The van der Waals surface area contributed by atoms with Crippen LogP contribution in [-0.4, -0.2) is 22.0 Å². The molecule has 1 saturated heterocycles. The molecule has 4 rings (SSSR count). The van der Waals surface area contributed by atoms with Crippen LogP contribution < -0.4 is 4.90 Å². The number of nitrogens with zero attached hydrogens (tertiary/aromatic N) is 2. The minimum Gasteiger partial charge on any atom is -0.507 e. The van der Waals surface area contributed by atoms with Gasteiger partial charge in [0.05, 0.1) is 11.6 Å². The Morgan fingerprint density at radius 3 is 2.28 bits per heavy atom. The van der Waals surface area contributed by atoms with E-state index >= 15 is 0 Å². The molecule has 0 bridgehead atoms. The number of hydrogen-bond acceptors (Lipinski definition) is 5. The molecule has 1 N–H and O–H groups in total. The molecule has 1 aliphatic heterocycles. The molecule has 0 radical (unpaired) electrons. The Labute approximate surface area is 198 Å². The van der Waals surface area contributed by atoms with Crippen LogP contribution in [0.5, 0.6) is 0 Å². The van der Waals surface area contributed by atoms with Crippen LogP contribution in [0.2, 0.25) is 5.02 Å². The van der Waals surface area contributed by atoms with E-state index in [4.69, 9.17) is 16.1 Å². The van der Waals surface area contributed by atoms with Crippen LogP contribution >= 0.6 is 27.5 Å². The first-order chi connectivity index (χ1) is 15.1. The van der Waals surface area contributed by atoms with E-state index in [-0.39, 0.29) is 22.6 Å². The third-order valence-electron chi connectivity index (χ3n) is 5.23. The fraction of sp³-hybridized carbons (Fsp3) is 0.208. The molecule has 32 heavy (non-hydrogen) atoms. The molecule has 0 unspecified atom stereocenters. The molecule has 1 amide bonds. The largest absolute Gasteiger partial charge is 0.507 e. The molecule has 1 atom stereocenters. The Morgan fingerprint density at radius 1 is 1.09 bits per heavy atom. The number of Topliss-reactive ketones (excluding diaryl/α,β-unsaturated/α-hetero) is 1. The summed E-state index contributed by atoms with van der Waals surface area (Å²) in [6, 6.07) is 14.3. The van der Waals surface area contributed by atoms with E-state index in [1.807, 2.05) is 20.8 Å². The van der Waals surface area contributed by atoms with Crippen LogP contribution in [0.4, 0.5) is 5.82 Å². The summed E-state index contributed by atoms with van der Waals surface area (Å²) in [4.78, 5) is 27.5. The number of carbonyl (C=O) groups is 2. The number of anilines is 1. The van der Waals surface area contributed by atoms with Gasteiger partial charge in [-0.15, -0.1) is 0 Å². The van der Waals surface area contributed by atoms with Crippen LogP contribution in [0.1, 0.15) is 43.7 Å². The van der Waals surface area contributed by atoms with Crippen molar-refractivity contribution in [3.8, 4) is 0 Å². The number of halogens is 2. The van der Waals surface area contributed by atoms with E-state index in [1.165, 1.54) is 4.90 Å². The van der Waals surface area contributed by atoms with Gasteiger partial charge >= 0.3 is 5.91 Å². The Balaban J connectivity index is 1.91. The molecule has 3 aromatic rings. The van der Waals surface area contributed by atoms with Crippen molar-refractivity contribution in [3.63, 3.8) is 0 Å². The zero-order chi connectivity index (χ0) is 23.2. The van der Waals surface area contributed by atoms with Crippen molar-refractivity contribution in [2.24, 2.45) is 0 Å². The maximum Gasteiger partial charge on any atom is 0.301 e. The van der Waals surface area contributed by atoms with Crippen molar-refractivity contribution in [1.29, 1.82) is 0 Å². The topological polar surface area (TPSA) is 83.6 Å². The predicted molar refractivity (Wildman–Crippen MR) is 126 cm³/mol. The second kappa shape index (κ2) is 8.22. The van der Waals surface area contributed by atoms with Crippen molar-refractivity contribution in [2.45, 2.75) is 32.2 Å². The highest BCUT2D eigenvalue weighted by atomic mass is 79.9. The Morgan fingerprint density at radius 2 is 1.72 bits per heavy atom. The van der Waals surface area contributed by atoms with Crippen molar-refractivity contribution >= 4 is 50.8 Å². The van der Waals surface area contributed by atoms with Crippen LogP contribution in [-0.2, 0) is 15.0 Å². The molecular formula is C24H20BrClN2O4. The van der Waals surface area contributed by atoms with Gasteiger partial charge in [0.25, 0.3) is 5.78 Å². The third kappa shape index (κ3) is 3.98. The van der Waals surface area contributed by atoms with Crippen LogP contribution in [0, 0.1) is 0 Å². The fourth-order valence-corrected chi connectivity index (χ4v) is 3.92. The average molecular weight is 516 g/mol. The maximum atomic E-state index is 13.1. The molecule has 0 saturated carbocycles. The summed E-state index contributed by atoms with van der Waals surface area (Å²) < 4.78 is 6.28. The summed E-state index contributed by atoms with van der Waals surface area (Å²) in [6.45, 7) is 5.86. The van der Waals surface area contributed by atoms with Gasteiger partial charge in [-0.3, -0.25) is 14.5 Å². The van der Waals surface area contributed by atoms with Gasteiger partial charge in [0.1, 0.15) is 11.5 Å². The van der Waals surface area contributed by atoms with Crippen molar-refractivity contribution in [1.82, 2.24) is 5.16 Å². The zero-order valence-corrected chi connectivity index (χ0v) is 19.9. The fourth-order valence-electron chi connectivity index (χ4n) is 3.53. The first-order valence-corrected chi connectivity index (χ1v) is 11.0. The lowest BCUT2D eigenvalue weighted by Gasteiger charge is -2.23. The highest BCUT2D eigenvalue weighted by Crippen LogP contribution is 2.42. The number of aliphatic hydroxyl groups excluding tert-OH is 1. The first kappa shape index (κ1) is 22.3. The second-order valence-electron chi connectivity index (χ2n) is 8.53. The summed E-state index contributed by atoms with van der Waals surface area (Å²) in [7, 11) is 0. The third-order valence-corrected chi connectivity index (χ3v) is 6.01. The van der Waals surface area contributed by atoms with Gasteiger partial charge in [-0.25, -0.2) is 0 Å². The van der Waals surface area contributed by atoms with Gasteiger partial charge in [0.2, 0.25) is 0 Å². The number of hydrogen-bond donors (Lipinski definition) is 1. The Bertz CT molecular complexity index is 1220. The minimum atomic E-state index is -0.895. The van der Waals surface area contributed by atoms with Gasteiger partial charge in [0, 0.05) is 26.5 Å². The highest BCUT2D eigenvalue weighted by molar-refractivity contribution is 9.10. The van der Waals surface area contributed by atoms with E-state index < -0.39 is 17.7 Å². The van der Waals surface area contributed by atoms with Crippen molar-refractivity contribution in [3.05, 3.63) is 86.6 Å². The lowest BCUT2D eigenvalue weighted by Crippen LogP contribution is -2.29. The number of ketones is 1. The Hall–Kier alpha value is -2.90. The second-order valence-corrected chi connectivity index (χ2v) is 9.88. The van der Waals surface area contributed by atoms with E-state index in [9.17, 15) is 14.7 Å². The quantitative estimate of drug-likeness (QED) is 0.262. The molecule has 1 fully saturated rings. The normalized spacial score (nSPS) is 18.4.